The number of hydrogen-bond donors (Lipinski definition) is 1. The van der Waals surface area contributed by atoms with E-state index in [1.165, 1.54) is 23.9 Å². The molecule has 0 aliphatic heterocycles. The lowest BCUT2D eigenvalue weighted by molar-refractivity contribution is -0.384. The van der Waals surface area contributed by atoms with Crippen LogP contribution in [0.15, 0.2) is 63.9 Å². The SMILES string of the molecule is CC(NC(=O)CSc1ccc([N+](=O)[O-])cc1)c1cc2ccccc2o1. The van der Waals surface area contributed by atoms with Crippen molar-refractivity contribution in [3.8, 4) is 0 Å². The van der Waals surface area contributed by atoms with Crippen molar-refractivity contribution in [2.45, 2.75) is 17.9 Å². The number of carbonyl (C=O) groups excluding carboxylic acids is 1. The molecule has 2 aromatic carbocycles. The highest BCUT2D eigenvalue weighted by atomic mass is 32.2. The Labute approximate surface area is 148 Å². The van der Waals surface area contributed by atoms with Crippen LogP contribution in [-0.2, 0) is 4.79 Å². The van der Waals surface area contributed by atoms with Crippen LogP contribution in [0.25, 0.3) is 11.0 Å². The van der Waals surface area contributed by atoms with Crippen molar-refractivity contribution >= 4 is 34.3 Å². The van der Waals surface area contributed by atoms with Gasteiger partial charge in [0.05, 0.1) is 16.7 Å². The Hall–Kier alpha value is -2.80. The molecule has 1 heterocycles. The molecule has 7 heteroatoms. The lowest BCUT2D eigenvalue weighted by Gasteiger charge is -2.11. The Kier molecular flexibility index (Phi) is 5.04. The number of hydrogen-bond acceptors (Lipinski definition) is 5. The van der Waals surface area contributed by atoms with Crippen molar-refractivity contribution in [1.82, 2.24) is 5.32 Å². The van der Waals surface area contributed by atoms with Crippen LogP contribution in [0, 0.1) is 10.1 Å². The van der Waals surface area contributed by atoms with Crippen molar-refractivity contribution in [3.63, 3.8) is 0 Å². The zero-order chi connectivity index (χ0) is 17.8. The number of para-hydroxylation sites is 1. The number of thioether (sulfide) groups is 1. The van der Waals surface area contributed by atoms with Gasteiger partial charge >= 0.3 is 0 Å². The number of nitro benzene ring substituents is 1. The number of benzene rings is 2. The smallest absolute Gasteiger partial charge is 0.269 e. The number of furan rings is 1. The Bertz CT molecular complexity index is 872. The van der Waals surface area contributed by atoms with Crippen LogP contribution in [0.5, 0.6) is 0 Å². The molecular formula is C18H16N2O4S. The number of non-ortho nitro benzene ring substituents is 1. The van der Waals surface area contributed by atoms with Crippen molar-refractivity contribution in [2.75, 3.05) is 5.75 Å². The third kappa shape index (κ3) is 4.19. The molecule has 0 radical (unpaired) electrons. The molecule has 1 amide bonds. The van der Waals surface area contributed by atoms with Gasteiger partial charge < -0.3 is 9.73 Å². The summed E-state index contributed by atoms with van der Waals surface area (Å²) in [4.78, 5) is 23.1. The molecule has 3 rings (SSSR count). The maximum atomic E-state index is 12.1. The number of amides is 1. The van der Waals surface area contributed by atoms with Gasteiger partial charge in [0, 0.05) is 22.4 Å². The number of nitrogens with one attached hydrogen (secondary N) is 1. The minimum Gasteiger partial charge on any atom is -0.459 e. The molecule has 0 spiro atoms. The van der Waals surface area contributed by atoms with Crippen LogP contribution in [0.2, 0.25) is 0 Å². The molecular weight excluding hydrogens is 340 g/mol. The summed E-state index contributed by atoms with van der Waals surface area (Å²) in [6.07, 6.45) is 0. The number of carbonyl (C=O) groups is 1. The summed E-state index contributed by atoms with van der Waals surface area (Å²) < 4.78 is 5.74. The topological polar surface area (TPSA) is 85.4 Å². The quantitative estimate of drug-likeness (QED) is 0.404. The van der Waals surface area contributed by atoms with E-state index in [0.29, 0.717) is 5.76 Å². The van der Waals surface area contributed by atoms with Gasteiger partial charge in [0.1, 0.15) is 11.3 Å². The fraction of sp³-hybridized carbons (Fsp3) is 0.167. The van der Waals surface area contributed by atoms with E-state index in [4.69, 9.17) is 4.42 Å². The number of rotatable bonds is 6. The van der Waals surface area contributed by atoms with Crippen molar-refractivity contribution in [2.24, 2.45) is 0 Å². The molecule has 1 N–H and O–H groups in total. The summed E-state index contributed by atoms with van der Waals surface area (Å²) >= 11 is 1.33. The lowest BCUT2D eigenvalue weighted by atomic mass is 10.2. The maximum absolute atomic E-state index is 12.1. The highest BCUT2D eigenvalue weighted by Gasteiger charge is 2.14. The van der Waals surface area contributed by atoms with E-state index in [0.717, 1.165) is 15.9 Å². The normalized spacial score (nSPS) is 12.0. The van der Waals surface area contributed by atoms with E-state index in [2.05, 4.69) is 5.32 Å². The van der Waals surface area contributed by atoms with Crippen LogP contribution >= 0.6 is 11.8 Å². The first-order chi connectivity index (χ1) is 12.0. The van der Waals surface area contributed by atoms with Gasteiger partial charge in [-0.25, -0.2) is 0 Å². The fourth-order valence-corrected chi connectivity index (χ4v) is 3.09. The molecule has 0 bridgehead atoms. The van der Waals surface area contributed by atoms with Crippen LogP contribution in [0.3, 0.4) is 0 Å². The minimum absolute atomic E-state index is 0.0345. The van der Waals surface area contributed by atoms with Crippen molar-refractivity contribution in [3.05, 3.63) is 70.5 Å². The van der Waals surface area contributed by atoms with Crippen LogP contribution in [0.4, 0.5) is 5.69 Å². The van der Waals surface area contributed by atoms with Crippen LogP contribution in [-0.4, -0.2) is 16.6 Å². The lowest BCUT2D eigenvalue weighted by Crippen LogP contribution is -2.27. The molecule has 1 aromatic heterocycles. The predicted molar refractivity (Wildman–Crippen MR) is 96.6 cm³/mol. The zero-order valence-corrected chi connectivity index (χ0v) is 14.3. The first-order valence-corrected chi connectivity index (χ1v) is 8.66. The van der Waals surface area contributed by atoms with E-state index in [-0.39, 0.29) is 23.4 Å². The average molecular weight is 356 g/mol. The van der Waals surface area contributed by atoms with Gasteiger partial charge in [-0.3, -0.25) is 14.9 Å². The van der Waals surface area contributed by atoms with Gasteiger partial charge in [-0.1, -0.05) is 18.2 Å². The molecule has 3 aromatic rings. The van der Waals surface area contributed by atoms with E-state index < -0.39 is 4.92 Å². The summed E-state index contributed by atoms with van der Waals surface area (Å²) in [6.45, 7) is 1.87. The third-order valence-electron chi connectivity index (χ3n) is 3.67. The van der Waals surface area contributed by atoms with E-state index in [1.807, 2.05) is 37.3 Å². The highest BCUT2D eigenvalue weighted by molar-refractivity contribution is 8.00. The minimum atomic E-state index is -0.448. The molecule has 0 saturated heterocycles. The Morgan fingerprint density at radius 1 is 1.24 bits per heavy atom. The standard InChI is InChI=1S/C18H16N2O4S/c1-12(17-10-13-4-2-3-5-16(13)24-17)19-18(21)11-25-15-8-6-14(7-9-15)20(22)23/h2-10,12H,11H2,1H3,(H,19,21). The maximum Gasteiger partial charge on any atom is 0.269 e. The van der Waals surface area contributed by atoms with Gasteiger partial charge in [-0.2, -0.15) is 0 Å². The molecule has 1 atom stereocenters. The number of nitrogens with zero attached hydrogens (tertiary/aromatic N) is 1. The van der Waals surface area contributed by atoms with Gasteiger partial charge in [-0.15, -0.1) is 11.8 Å². The fourth-order valence-electron chi connectivity index (χ4n) is 2.38. The van der Waals surface area contributed by atoms with Gasteiger partial charge in [-0.05, 0) is 31.2 Å². The van der Waals surface area contributed by atoms with Crippen LogP contribution < -0.4 is 5.32 Å². The Morgan fingerprint density at radius 3 is 2.64 bits per heavy atom. The molecule has 25 heavy (non-hydrogen) atoms. The molecule has 6 nitrogen and oxygen atoms in total. The van der Waals surface area contributed by atoms with Gasteiger partial charge in [0.25, 0.3) is 5.69 Å². The summed E-state index contributed by atoms with van der Waals surface area (Å²) in [5.41, 5.74) is 0.825. The summed E-state index contributed by atoms with van der Waals surface area (Å²) in [6, 6.07) is 15.5. The van der Waals surface area contributed by atoms with Crippen molar-refractivity contribution < 1.29 is 14.1 Å². The molecule has 1 unspecified atom stereocenters. The predicted octanol–water partition coefficient (Wildman–Crippen LogP) is 4.31. The summed E-state index contributed by atoms with van der Waals surface area (Å²) in [5, 5.41) is 14.5. The van der Waals surface area contributed by atoms with Gasteiger partial charge in [0.15, 0.2) is 0 Å². The second-order valence-electron chi connectivity index (χ2n) is 5.52. The molecule has 128 valence electrons. The van der Waals surface area contributed by atoms with Crippen molar-refractivity contribution in [1.29, 1.82) is 0 Å². The molecule has 0 aliphatic rings. The summed E-state index contributed by atoms with van der Waals surface area (Å²) in [5.74, 6) is 0.800. The molecule has 0 fully saturated rings. The first-order valence-electron chi connectivity index (χ1n) is 7.68. The number of nitro groups is 1. The van der Waals surface area contributed by atoms with Gasteiger partial charge in [0.2, 0.25) is 5.91 Å². The Morgan fingerprint density at radius 2 is 1.96 bits per heavy atom. The average Bonchev–Trinajstić information content (AvgIpc) is 3.04. The molecule has 0 aliphatic carbocycles. The second kappa shape index (κ2) is 7.40. The third-order valence-corrected chi connectivity index (χ3v) is 4.68. The molecule has 0 saturated carbocycles. The number of fused-ring (bicyclic) bond motifs is 1. The largest absolute Gasteiger partial charge is 0.459 e. The second-order valence-corrected chi connectivity index (χ2v) is 6.56. The monoisotopic (exact) mass is 356 g/mol. The van der Waals surface area contributed by atoms with Crippen LogP contribution in [0.1, 0.15) is 18.7 Å². The van der Waals surface area contributed by atoms with E-state index in [9.17, 15) is 14.9 Å². The summed E-state index contributed by atoms with van der Waals surface area (Å²) in [7, 11) is 0. The first kappa shape index (κ1) is 17.0. The van der Waals surface area contributed by atoms with E-state index in [1.54, 1.807) is 12.1 Å². The Balaban J connectivity index is 1.55. The zero-order valence-electron chi connectivity index (χ0n) is 13.5. The highest BCUT2D eigenvalue weighted by Crippen LogP contribution is 2.24. The van der Waals surface area contributed by atoms with E-state index >= 15 is 0 Å².